The van der Waals surface area contributed by atoms with Crippen molar-refractivity contribution in [3.05, 3.63) is 17.7 Å². The molecule has 0 atom stereocenters. The van der Waals surface area contributed by atoms with Gasteiger partial charge in [-0.2, -0.15) is 0 Å². The number of hydrogen-bond acceptors (Lipinski definition) is 5. The van der Waals surface area contributed by atoms with E-state index >= 15 is 0 Å². The van der Waals surface area contributed by atoms with Crippen molar-refractivity contribution in [3.63, 3.8) is 0 Å². The highest BCUT2D eigenvalue weighted by molar-refractivity contribution is 5.55. The standard InChI is InChI=1S/C14H21NO4/c1-17-12-5-4-11(13(18-2)14(12)19-3)8-15-6-10(7-15)9-16/h4-5,10,16H,6-9H2,1-3H3. The maximum absolute atomic E-state index is 9.03. The molecule has 0 aromatic heterocycles. The highest BCUT2D eigenvalue weighted by atomic mass is 16.5. The minimum atomic E-state index is 0.263. The highest BCUT2D eigenvalue weighted by Gasteiger charge is 2.27. The lowest BCUT2D eigenvalue weighted by Gasteiger charge is -2.38. The Hall–Kier alpha value is -1.46. The van der Waals surface area contributed by atoms with Crippen molar-refractivity contribution >= 4 is 0 Å². The third-order valence-electron chi connectivity index (χ3n) is 3.47. The number of rotatable bonds is 6. The predicted molar refractivity (Wildman–Crippen MR) is 72.0 cm³/mol. The van der Waals surface area contributed by atoms with Gasteiger partial charge in [-0.15, -0.1) is 0 Å². The predicted octanol–water partition coefficient (Wildman–Crippen LogP) is 1.14. The minimum absolute atomic E-state index is 0.263. The van der Waals surface area contributed by atoms with Crippen molar-refractivity contribution in [2.24, 2.45) is 5.92 Å². The summed E-state index contributed by atoms with van der Waals surface area (Å²) in [6.45, 7) is 2.90. The van der Waals surface area contributed by atoms with Crippen LogP contribution in [0.1, 0.15) is 5.56 Å². The molecule has 106 valence electrons. The number of ether oxygens (including phenoxy) is 3. The summed E-state index contributed by atoms with van der Waals surface area (Å²) in [5, 5.41) is 9.03. The summed E-state index contributed by atoms with van der Waals surface area (Å²) in [5.41, 5.74) is 1.07. The molecule has 0 saturated carbocycles. The van der Waals surface area contributed by atoms with Crippen molar-refractivity contribution in [2.45, 2.75) is 6.54 Å². The molecule has 1 aromatic carbocycles. The number of benzene rings is 1. The highest BCUT2D eigenvalue weighted by Crippen LogP contribution is 2.40. The largest absolute Gasteiger partial charge is 0.493 e. The molecule has 5 nitrogen and oxygen atoms in total. The van der Waals surface area contributed by atoms with Crippen molar-refractivity contribution < 1.29 is 19.3 Å². The first-order valence-electron chi connectivity index (χ1n) is 6.34. The molecule has 1 heterocycles. The van der Waals surface area contributed by atoms with Gasteiger partial charge in [0.1, 0.15) is 0 Å². The summed E-state index contributed by atoms with van der Waals surface area (Å²) in [6, 6.07) is 3.88. The quantitative estimate of drug-likeness (QED) is 0.837. The lowest BCUT2D eigenvalue weighted by molar-refractivity contribution is 0.0473. The van der Waals surface area contributed by atoms with Gasteiger partial charge in [0.15, 0.2) is 11.5 Å². The molecular weight excluding hydrogens is 246 g/mol. The average Bonchev–Trinajstić information content (AvgIpc) is 2.40. The second-order valence-electron chi connectivity index (χ2n) is 4.74. The van der Waals surface area contributed by atoms with E-state index in [0.29, 0.717) is 23.2 Å². The van der Waals surface area contributed by atoms with Crippen LogP contribution in [-0.2, 0) is 6.54 Å². The Morgan fingerprint density at radius 3 is 2.32 bits per heavy atom. The van der Waals surface area contributed by atoms with E-state index in [4.69, 9.17) is 19.3 Å². The van der Waals surface area contributed by atoms with Crippen molar-refractivity contribution in [3.8, 4) is 17.2 Å². The summed E-state index contributed by atoms with van der Waals surface area (Å²) in [7, 11) is 4.85. The first kappa shape index (κ1) is 14.0. The van der Waals surface area contributed by atoms with Gasteiger partial charge in [0.2, 0.25) is 5.75 Å². The van der Waals surface area contributed by atoms with Crippen LogP contribution in [0.4, 0.5) is 0 Å². The van der Waals surface area contributed by atoms with Crippen molar-refractivity contribution in [2.75, 3.05) is 41.0 Å². The van der Waals surface area contributed by atoms with Gasteiger partial charge >= 0.3 is 0 Å². The van der Waals surface area contributed by atoms with Gasteiger partial charge in [-0.3, -0.25) is 4.90 Å². The lowest BCUT2D eigenvalue weighted by atomic mass is 10.00. The van der Waals surface area contributed by atoms with E-state index in [-0.39, 0.29) is 6.61 Å². The normalized spacial score (nSPS) is 16.0. The van der Waals surface area contributed by atoms with Gasteiger partial charge in [0.25, 0.3) is 0 Å². The molecule has 1 fully saturated rings. The first-order valence-corrected chi connectivity index (χ1v) is 6.34. The summed E-state index contributed by atoms with van der Waals surface area (Å²) < 4.78 is 16.1. The molecule has 5 heteroatoms. The van der Waals surface area contributed by atoms with Crippen molar-refractivity contribution in [1.82, 2.24) is 4.90 Å². The van der Waals surface area contributed by atoms with E-state index in [2.05, 4.69) is 4.90 Å². The Labute approximate surface area is 113 Å². The Morgan fingerprint density at radius 1 is 1.11 bits per heavy atom. The van der Waals surface area contributed by atoms with Gasteiger partial charge in [-0.05, 0) is 6.07 Å². The van der Waals surface area contributed by atoms with Crippen molar-refractivity contribution in [1.29, 1.82) is 0 Å². The smallest absolute Gasteiger partial charge is 0.203 e. The van der Waals surface area contributed by atoms with E-state index < -0.39 is 0 Å². The Morgan fingerprint density at radius 2 is 1.79 bits per heavy atom. The number of methoxy groups -OCH3 is 3. The second-order valence-corrected chi connectivity index (χ2v) is 4.74. The van der Waals surface area contributed by atoms with Gasteiger partial charge in [-0.1, -0.05) is 6.07 Å². The van der Waals surface area contributed by atoms with E-state index in [1.165, 1.54) is 0 Å². The van der Waals surface area contributed by atoms with Crippen LogP contribution >= 0.6 is 0 Å². The molecular formula is C14H21NO4. The molecule has 1 aromatic rings. The lowest BCUT2D eigenvalue weighted by Crippen LogP contribution is -2.47. The molecule has 0 aliphatic carbocycles. The summed E-state index contributed by atoms with van der Waals surface area (Å²) >= 11 is 0. The first-order chi connectivity index (χ1) is 9.23. The zero-order chi connectivity index (χ0) is 13.8. The number of aliphatic hydroxyl groups is 1. The van der Waals surface area contributed by atoms with Crippen LogP contribution in [0.5, 0.6) is 17.2 Å². The van der Waals surface area contributed by atoms with E-state index in [1.807, 2.05) is 12.1 Å². The molecule has 0 spiro atoms. The van der Waals surface area contributed by atoms with Crippen LogP contribution in [0.15, 0.2) is 12.1 Å². The summed E-state index contributed by atoms with van der Waals surface area (Å²) in [6.07, 6.45) is 0. The van der Waals surface area contributed by atoms with E-state index in [9.17, 15) is 0 Å². The summed E-state index contributed by atoms with van der Waals surface area (Å²) in [4.78, 5) is 2.27. The summed E-state index contributed by atoms with van der Waals surface area (Å²) in [5.74, 6) is 2.42. The zero-order valence-electron chi connectivity index (χ0n) is 11.7. The van der Waals surface area contributed by atoms with Crippen LogP contribution in [0.25, 0.3) is 0 Å². The van der Waals surface area contributed by atoms with Gasteiger partial charge < -0.3 is 19.3 Å². The van der Waals surface area contributed by atoms with E-state index in [1.54, 1.807) is 21.3 Å². The molecule has 0 radical (unpaired) electrons. The molecule has 0 bridgehead atoms. The molecule has 0 amide bonds. The SMILES string of the molecule is COc1ccc(CN2CC(CO)C2)c(OC)c1OC. The number of aliphatic hydroxyl groups excluding tert-OH is 1. The molecule has 19 heavy (non-hydrogen) atoms. The molecule has 2 rings (SSSR count). The Bertz CT molecular complexity index is 430. The topological polar surface area (TPSA) is 51.2 Å². The van der Waals surface area contributed by atoms with Crippen LogP contribution in [-0.4, -0.2) is 51.0 Å². The van der Waals surface area contributed by atoms with Gasteiger partial charge in [0.05, 0.1) is 21.3 Å². The Kier molecular flexibility index (Phi) is 4.50. The fraction of sp³-hybridized carbons (Fsp3) is 0.571. The van der Waals surface area contributed by atoms with Crippen LogP contribution in [0, 0.1) is 5.92 Å². The molecule has 0 unspecified atom stereocenters. The fourth-order valence-electron chi connectivity index (χ4n) is 2.45. The molecule has 1 aliphatic rings. The Balaban J connectivity index is 2.16. The second kappa shape index (κ2) is 6.12. The number of likely N-dealkylation sites (tertiary alicyclic amines) is 1. The molecule has 1 N–H and O–H groups in total. The van der Waals surface area contributed by atoms with Gasteiger partial charge in [0, 0.05) is 37.7 Å². The number of hydrogen-bond donors (Lipinski definition) is 1. The maximum atomic E-state index is 9.03. The molecule has 1 aliphatic heterocycles. The van der Waals surface area contributed by atoms with Crippen LogP contribution in [0.2, 0.25) is 0 Å². The van der Waals surface area contributed by atoms with Crippen LogP contribution < -0.4 is 14.2 Å². The molecule has 1 saturated heterocycles. The van der Waals surface area contributed by atoms with Crippen LogP contribution in [0.3, 0.4) is 0 Å². The monoisotopic (exact) mass is 267 g/mol. The third kappa shape index (κ3) is 2.77. The fourth-order valence-corrected chi connectivity index (χ4v) is 2.45. The average molecular weight is 267 g/mol. The number of nitrogens with zero attached hydrogens (tertiary/aromatic N) is 1. The van der Waals surface area contributed by atoms with E-state index in [0.717, 1.165) is 25.2 Å². The minimum Gasteiger partial charge on any atom is -0.493 e. The third-order valence-corrected chi connectivity index (χ3v) is 3.47. The zero-order valence-corrected chi connectivity index (χ0v) is 11.7. The van der Waals surface area contributed by atoms with Gasteiger partial charge in [-0.25, -0.2) is 0 Å². The maximum Gasteiger partial charge on any atom is 0.203 e.